The number of allylic oxidation sites excluding steroid dienone is 1. The van der Waals surface area contributed by atoms with E-state index in [1.165, 1.54) is 6.07 Å². The van der Waals surface area contributed by atoms with Crippen molar-refractivity contribution in [3.63, 3.8) is 0 Å². The number of hydrogen-bond acceptors (Lipinski definition) is 3. The Bertz CT molecular complexity index is 349. The predicted octanol–water partition coefficient (Wildman–Crippen LogP) is 2.23. The van der Waals surface area contributed by atoms with Gasteiger partial charge >= 0.3 is 0 Å². The molecule has 3 nitrogen and oxygen atoms in total. The number of hydrogen-bond donors (Lipinski definition) is 3. The van der Waals surface area contributed by atoms with Gasteiger partial charge in [0.15, 0.2) is 11.5 Å². The minimum Gasteiger partial charge on any atom is -0.507 e. The predicted molar refractivity (Wildman–Crippen MR) is 50.8 cm³/mol. The summed E-state index contributed by atoms with van der Waals surface area (Å²) in [4.78, 5) is 0. The van der Waals surface area contributed by atoms with Crippen molar-refractivity contribution in [3.8, 4) is 17.2 Å². The molecule has 3 heteroatoms. The van der Waals surface area contributed by atoms with E-state index in [1.807, 2.05) is 13.8 Å². The Kier molecular flexibility index (Phi) is 2.46. The first-order valence-electron chi connectivity index (χ1n) is 3.90. The summed E-state index contributed by atoms with van der Waals surface area (Å²) in [5.74, 6) is -0.592. The Morgan fingerprint density at radius 3 is 2.08 bits per heavy atom. The Morgan fingerprint density at radius 2 is 1.54 bits per heavy atom. The van der Waals surface area contributed by atoms with Crippen LogP contribution in [0.15, 0.2) is 17.7 Å². The minimum atomic E-state index is -0.316. The van der Waals surface area contributed by atoms with Gasteiger partial charge in [0.25, 0.3) is 0 Å². The molecule has 0 unspecified atom stereocenters. The molecular weight excluding hydrogens is 168 g/mol. The number of phenolic OH excluding ortho intramolecular Hbond substituents is 3. The average Bonchev–Trinajstić information content (AvgIpc) is 1.99. The molecule has 0 heterocycles. The highest BCUT2D eigenvalue weighted by molar-refractivity contribution is 5.63. The minimum absolute atomic E-state index is 0.0449. The highest BCUT2D eigenvalue weighted by atomic mass is 16.3. The lowest BCUT2D eigenvalue weighted by Gasteiger charge is -2.03. The lowest BCUT2D eigenvalue weighted by atomic mass is 10.1. The quantitative estimate of drug-likeness (QED) is 0.458. The summed E-state index contributed by atoms with van der Waals surface area (Å²) in [6.07, 6.45) is 1.72. The third-order valence-corrected chi connectivity index (χ3v) is 1.57. The van der Waals surface area contributed by atoms with Gasteiger partial charge in [0.2, 0.25) is 0 Å². The van der Waals surface area contributed by atoms with Crippen LogP contribution in [0.5, 0.6) is 17.2 Å². The molecule has 0 fully saturated rings. The van der Waals surface area contributed by atoms with Crippen LogP contribution in [0.25, 0.3) is 6.08 Å². The topological polar surface area (TPSA) is 60.7 Å². The first-order valence-corrected chi connectivity index (χ1v) is 3.90. The largest absolute Gasteiger partial charge is 0.507 e. The number of phenols is 3. The van der Waals surface area contributed by atoms with Crippen LogP contribution >= 0.6 is 0 Å². The number of aromatic hydroxyl groups is 3. The SMILES string of the molecule is CC(C)=Cc1cc(O)c(O)cc1O. The molecular formula is C10H12O3. The standard InChI is InChI=1S/C10H12O3/c1-6(2)3-7-4-9(12)10(13)5-8(7)11/h3-5,11-13H,1-2H3. The van der Waals surface area contributed by atoms with E-state index >= 15 is 0 Å². The van der Waals surface area contributed by atoms with E-state index in [0.29, 0.717) is 5.56 Å². The van der Waals surface area contributed by atoms with Crippen molar-refractivity contribution in [2.45, 2.75) is 13.8 Å². The lowest BCUT2D eigenvalue weighted by molar-refractivity contribution is 0.396. The van der Waals surface area contributed by atoms with E-state index in [0.717, 1.165) is 11.6 Å². The maximum atomic E-state index is 9.35. The summed E-state index contributed by atoms with van der Waals surface area (Å²) >= 11 is 0. The fraction of sp³-hybridized carbons (Fsp3) is 0.200. The second-order valence-electron chi connectivity index (χ2n) is 3.12. The van der Waals surface area contributed by atoms with Crippen molar-refractivity contribution < 1.29 is 15.3 Å². The molecule has 0 bridgehead atoms. The highest BCUT2D eigenvalue weighted by Crippen LogP contribution is 2.33. The van der Waals surface area contributed by atoms with Gasteiger partial charge in [-0.05, 0) is 19.9 Å². The zero-order valence-electron chi connectivity index (χ0n) is 7.57. The number of benzene rings is 1. The maximum Gasteiger partial charge on any atom is 0.161 e. The summed E-state index contributed by atoms with van der Waals surface area (Å²) in [5, 5.41) is 27.5. The molecule has 13 heavy (non-hydrogen) atoms. The van der Waals surface area contributed by atoms with E-state index in [-0.39, 0.29) is 17.2 Å². The van der Waals surface area contributed by atoms with Gasteiger partial charge < -0.3 is 15.3 Å². The van der Waals surface area contributed by atoms with Crippen LogP contribution in [0.4, 0.5) is 0 Å². The Hall–Kier alpha value is -1.64. The van der Waals surface area contributed by atoms with Crippen molar-refractivity contribution in [3.05, 3.63) is 23.3 Å². The lowest BCUT2D eigenvalue weighted by Crippen LogP contribution is -1.77. The number of rotatable bonds is 1. The molecule has 1 rings (SSSR count). The van der Waals surface area contributed by atoms with E-state index in [1.54, 1.807) is 6.08 Å². The third-order valence-electron chi connectivity index (χ3n) is 1.57. The normalized spacial score (nSPS) is 9.69. The Balaban J connectivity index is 3.24. The molecule has 0 aromatic heterocycles. The van der Waals surface area contributed by atoms with Crippen molar-refractivity contribution in [2.75, 3.05) is 0 Å². The molecule has 0 saturated heterocycles. The maximum absolute atomic E-state index is 9.35. The first-order chi connectivity index (χ1) is 6.00. The molecule has 0 aliphatic heterocycles. The van der Waals surface area contributed by atoms with Crippen molar-refractivity contribution in [1.82, 2.24) is 0 Å². The van der Waals surface area contributed by atoms with E-state index in [2.05, 4.69) is 0 Å². The monoisotopic (exact) mass is 180 g/mol. The molecule has 3 N–H and O–H groups in total. The fourth-order valence-corrected chi connectivity index (χ4v) is 1.01. The summed E-state index contributed by atoms with van der Waals surface area (Å²) in [6, 6.07) is 2.43. The van der Waals surface area contributed by atoms with Gasteiger partial charge in [-0.15, -0.1) is 0 Å². The summed E-state index contributed by atoms with van der Waals surface area (Å²) in [7, 11) is 0. The van der Waals surface area contributed by atoms with Crippen molar-refractivity contribution in [1.29, 1.82) is 0 Å². The van der Waals surface area contributed by atoms with Crippen LogP contribution in [0, 0.1) is 0 Å². The Morgan fingerprint density at radius 1 is 1.00 bits per heavy atom. The van der Waals surface area contributed by atoms with Gasteiger partial charge in [0, 0.05) is 11.6 Å². The summed E-state index contributed by atoms with van der Waals surface area (Å²) in [6.45, 7) is 3.76. The van der Waals surface area contributed by atoms with Crippen LogP contribution in [0.1, 0.15) is 19.4 Å². The molecule has 70 valence electrons. The molecule has 1 aromatic carbocycles. The second kappa shape index (κ2) is 3.39. The van der Waals surface area contributed by atoms with Gasteiger partial charge in [-0.1, -0.05) is 11.6 Å². The van der Waals surface area contributed by atoms with Crippen LogP contribution < -0.4 is 0 Å². The molecule has 1 aromatic rings. The van der Waals surface area contributed by atoms with E-state index in [9.17, 15) is 5.11 Å². The third kappa shape index (κ3) is 2.15. The van der Waals surface area contributed by atoms with E-state index in [4.69, 9.17) is 10.2 Å². The summed E-state index contributed by atoms with van der Waals surface area (Å²) < 4.78 is 0. The van der Waals surface area contributed by atoms with Crippen LogP contribution in [0.2, 0.25) is 0 Å². The van der Waals surface area contributed by atoms with Crippen LogP contribution in [0.3, 0.4) is 0 Å². The zero-order valence-corrected chi connectivity index (χ0v) is 7.57. The van der Waals surface area contributed by atoms with Gasteiger partial charge in [-0.3, -0.25) is 0 Å². The summed E-state index contributed by atoms with van der Waals surface area (Å²) in [5.41, 5.74) is 1.50. The molecule has 0 radical (unpaired) electrons. The van der Waals surface area contributed by atoms with Crippen molar-refractivity contribution >= 4 is 6.08 Å². The average molecular weight is 180 g/mol. The first kappa shape index (κ1) is 9.45. The second-order valence-corrected chi connectivity index (χ2v) is 3.12. The van der Waals surface area contributed by atoms with Gasteiger partial charge in [0.05, 0.1) is 0 Å². The van der Waals surface area contributed by atoms with Crippen LogP contribution in [-0.4, -0.2) is 15.3 Å². The fourth-order valence-electron chi connectivity index (χ4n) is 1.01. The van der Waals surface area contributed by atoms with Crippen LogP contribution in [-0.2, 0) is 0 Å². The van der Waals surface area contributed by atoms with Gasteiger partial charge in [-0.25, -0.2) is 0 Å². The van der Waals surface area contributed by atoms with Gasteiger partial charge in [0.1, 0.15) is 5.75 Å². The highest BCUT2D eigenvalue weighted by Gasteiger charge is 2.04. The molecule has 0 aliphatic carbocycles. The molecule has 0 spiro atoms. The Labute approximate surface area is 76.6 Å². The smallest absolute Gasteiger partial charge is 0.161 e. The van der Waals surface area contributed by atoms with Gasteiger partial charge in [-0.2, -0.15) is 0 Å². The molecule has 0 atom stereocenters. The molecule has 0 aliphatic rings. The van der Waals surface area contributed by atoms with Crippen molar-refractivity contribution in [2.24, 2.45) is 0 Å². The molecule has 0 amide bonds. The van der Waals surface area contributed by atoms with E-state index < -0.39 is 0 Å². The zero-order chi connectivity index (χ0) is 10.0. The molecule has 0 saturated carbocycles.